The first-order chi connectivity index (χ1) is 36.2. The average Bonchev–Trinajstić information content (AvgIpc) is 3.88. The molecule has 7 atom stereocenters. The number of amides is 11. The Bertz CT molecular complexity index is 2380. The van der Waals surface area contributed by atoms with Crippen molar-refractivity contribution in [3.63, 3.8) is 0 Å². The fraction of sp³-hybridized carbons (Fsp3) is 0.540. The lowest BCUT2D eigenvalue weighted by atomic mass is 9.96. The van der Waals surface area contributed by atoms with E-state index in [-0.39, 0.29) is 50.2 Å². The van der Waals surface area contributed by atoms with Crippen LogP contribution in [-0.4, -0.2) is 147 Å². The Kier molecular flexibility index (Phi) is 24.8. The quantitative estimate of drug-likeness (QED) is 0.0489. The first-order valence-electron chi connectivity index (χ1n) is 25.2. The number of aromatic hydroxyl groups is 1. The second-order valence-corrected chi connectivity index (χ2v) is 21.6. The van der Waals surface area contributed by atoms with Gasteiger partial charge in [0.15, 0.2) is 0 Å². The van der Waals surface area contributed by atoms with Crippen molar-refractivity contribution in [2.75, 3.05) is 25.4 Å². The lowest BCUT2D eigenvalue weighted by Crippen LogP contribution is -2.61. The van der Waals surface area contributed by atoms with E-state index in [1.54, 1.807) is 42.5 Å². The van der Waals surface area contributed by atoms with Gasteiger partial charge in [-0.1, -0.05) is 77.9 Å². The topological polar surface area (TPSA) is 400 Å². The molecule has 2 aliphatic rings. The van der Waals surface area contributed by atoms with Crippen LogP contribution in [-0.2, 0) is 65.6 Å². The number of nitrogens with zero attached hydrogens (tertiary/aromatic N) is 1. The van der Waals surface area contributed by atoms with E-state index >= 15 is 0 Å². The Morgan fingerprint density at radius 1 is 0.750 bits per heavy atom. The van der Waals surface area contributed by atoms with Crippen molar-refractivity contribution in [1.29, 1.82) is 0 Å². The maximum absolute atomic E-state index is 14.8. The zero-order valence-electron chi connectivity index (χ0n) is 42.8. The molecule has 76 heavy (non-hydrogen) atoms. The molecule has 2 aromatic rings. The minimum absolute atomic E-state index is 0.0353. The van der Waals surface area contributed by atoms with Crippen LogP contribution in [0.25, 0.3) is 0 Å². The van der Waals surface area contributed by atoms with Crippen LogP contribution in [0.15, 0.2) is 54.6 Å². The van der Waals surface area contributed by atoms with Gasteiger partial charge in [-0.05, 0) is 81.2 Å². The van der Waals surface area contributed by atoms with Crippen molar-refractivity contribution < 1.29 is 57.8 Å². The normalized spacial score (nSPS) is 22.3. The summed E-state index contributed by atoms with van der Waals surface area (Å²) in [6, 6.07) is 4.78. The third-order valence-corrected chi connectivity index (χ3v) is 16.5. The van der Waals surface area contributed by atoms with Crippen molar-refractivity contribution in [3.05, 3.63) is 65.7 Å². The Balaban J connectivity index is 1.78. The fourth-order valence-corrected chi connectivity index (χ4v) is 12.0. The van der Waals surface area contributed by atoms with Gasteiger partial charge >= 0.3 is 0 Å². The number of benzene rings is 2. The highest BCUT2D eigenvalue weighted by Gasteiger charge is 2.41. The third kappa shape index (κ3) is 19.6. The predicted molar refractivity (Wildman–Crippen MR) is 284 cm³/mol. The van der Waals surface area contributed by atoms with E-state index in [0.717, 1.165) is 10.8 Å². The largest absolute Gasteiger partial charge is 0.508 e. The van der Waals surface area contributed by atoms with Crippen LogP contribution in [0.3, 0.4) is 0 Å². The minimum Gasteiger partial charge on any atom is -0.508 e. The highest BCUT2D eigenvalue weighted by atomic mass is 33.1. The standard InChI is InChI=1S/C50H72N12O12S2/c1-3-50(4-2)26-42(67)56-34(24-30-15-17-31(63)18-16-30)45(70)59-35(23-29-11-6-5-7-12-29)46(71)57-33(19-20-39(52)64)44(69)60-36(25-40(53)65)47(72)61-37(28-75-76-50)49(74)62-22-10-14-38(62)48(73)58-32(13-8-9-21-51)43(68)55-27-41(54)66/h5-7,11-12,15-18,32-38,63H,3-4,8-10,13-14,19-28,51H2,1-2H3,(H2,52,64)(H2,53,65)(H2,54,66)(H,55,68)(H,56,67)(H,57,71)(H,58,73)(H,59,70)(H,60,69)(H,61,72). The predicted octanol–water partition coefficient (Wildman–Crippen LogP) is -1.71. The summed E-state index contributed by atoms with van der Waals surface area (Å²) in [5.41, 5.74) is 23.1. The number of carbonyl (C=O) groups is 11. The van der Waals surface area contributed by atoms with E-state index in [0.29, 0.717) is 49.8 Å². The number of carbonyl (C=O) groups excluding carboxylic acids is 11. The molecule has 2 aliphatic heterocycles. The van der Waals surface area contributed by atoms with Crippen LogP contribution in [0.1, 0.15) is 95.6 Å². The number of phenolic OH excluding ortho intramolecular Hbond substituents is 1. The van der Waals surface area contributed by atoms with Crippen molar-refractivity contribution in [2.45, 2.75) is 144 Å². The van der Waals surface area contributed by atoms with Crippen molar-refractivity contribution >= 4 is 86.6 Å². The molecule has 11 amide bonds. The van der Waals surface area contributed by atoms with Crippen LogP contribution in [0.4, 0.5) is 0 Å². The van der Waals surface area contributed by atoms with Gasteiger partial charge < -0.3 is 70.2 Å². The zero-order valence-corrected chi connectivity index (χ0v) is 44.4. The molecule has 0 bridgehead atoms. The Morgan fingerprint density at radius 3 is 1.95 bits per heavy atom. The van der Waals surface area contributed by atoms with E-state index in [1.165, 1.54) is 27.8 Å². The molecule has 416 valence electrons. The van der Waals surface area contributed by atoms with Crippen LogP contribution in [0.5, 0.6) is 5.75 Å². The van der Waals surface area contributed by atoms with Gasteiger partial charge in [0.1, 0.15) is 48.0 Å². The number of phenols is 1. The SMILES string of the molecule is CCC1(CC)CC(=O)NC(Cc2ccc(O)cc2)C(=O)NC(Cc2ccccc2)C(=O)NC(CCC(N)=O)C(=O)NC(CC(N)=O)C(=O)NC(C(=O)N2CCCC2C(=O)NC(CCCCN)C(=O)NCC(N)=O)CSS1. The number of nitrogens with one attached hydrogen (secondary N) is 7. The first-order valence-corrected chi connectivity index (χ1v) is 27.6. The monoisotopic (exact) mass is 1100 g/mol. The lowest BCUT2D eigenvalue weighted by Gasteiger charge is -2.33. The molecule has 0 radical (unpaired) electrons. The van der Waals surface area contributed by atoms with E-state index in [2.05, 4.69) is 37.2 Å². The van der Waals surface area contributed by atoms with Crippen molar-refractivity contribution in [1.82, 2.24) is 42.1 Å². The second-order valence-electron chi connectivity index (χ2n) is 18.8. The maximum atomic E-state index is 14.8. The van der Waals surface area contributed by atoms with E-state index in [1.807, 2.05) is 13.8 Å². The molecule has 2 saturated heterocycles. The van der Waals surface area contributed by atoms with Gasteiger partial charge in [0, 0.05) is 42.7 Å². The summed E-state index contributed by atoms with van der Waals surface area (Å²) >= 11 is 0. The maximum Gasteiger partial charge on any atom is 0.246 e. The number of likely N-dealkylation sites (tertiary alicyclic amines) is 1. The first kappa shape index (κ1) is 61.6. The van der Waals surface area contributed by atoms with Gasteiger partial charge in [-0.25, -0.2) is 0 Å². The van der Waals surface area contributed by atoms with Crippen molar-refractivity contribution in [3.8, 4) is 5.75 Å². The van der Waals surface area contributed by atoms with Crippen LogP contribution in [0, 0.1) is 0 Å². The summed E-state index contributed by atoms with van der Waals surface area (Å²) < 4.78 is -0.838. The second kappa shape index (κ2) is 30.6. The molecule has 26 heteroatoms. The summed E-state index contributed by atoms with van der Waals surface area (Å²) in [6.45, 7) is 3.60. The molecule has 0 spiro atoms. The zero-order chi connectivity index (χ0) is 56.0. The number of hydrogen-bond acceptors (Lipinski definition) is 15. The molecule has 2 aromatic carbocycles. The van der Waals surface area contributed by atoms with Crippen LogP contribution in [0.2, 0.25) is 0 Å². The third-order valence-electron chi connectivity index (χ3n) is 13.0. The van der Waals surface area contributed by atoms with Gasteiger partial charge in [0.25, 0.3) is 0 Å². The summed E-state index contributed by atoms with van der Waals surface area (Å²) in [5, 5.41) is 28.3. The molecule has 2 heterocycles. The molecule has 2 fully saturated rings. The van der Waals surface area contributed by atoms with Crippen LogP contribution >= 0.6 is 21.6 Å². The number of primary amides is 3. The Hall–Kier alpha value is -6.93. The van der Waals surface area contributed by atoms with Crippen molar-refractivity contribution in [2.24, 2.45) is 22.9 Å². The molecular weight excluding hydrogens is 1020 g/mol. The molecule has 16 N–H and O–H groups in total. The van der Waals surface area contributed by atoms with E-state index in [4.69, 9.17) is 22.9 Å². The molecule has 0 aromatic heterocycles. The van der Waals surface area contributed by atoms with Gasteiger partial charge in [-0.3, -0.25) is 52.7 Å². The average molecular weight is 1100 g/mol. The van der Waals surface area contributed by atoms with Gasteiger partial charge in [0.05, 0.1) is 13.0 Å². The molecule has 0 aliphatic carbocycles. The molecule has 0 saturated carbocycles. The minimum atomic E-state index is -1.77. The van der Waals surface area contributed by atoms with Gasteiger partial charge in [0.2, 0.25) is 65.0 Å². The summed E-state index contributed by atoms with van der Waals surface area (Å²) in [4.78, 5) is 151. The molecule has 24 nitrogen and oxygen atoms in total. The number of nitrogens with two attached hydrogens (primary N) is 4. The van der Waals surface area contributed by atoms with Gasteiger partial charge in [-0.15, -0.1) is 0 Å². The Morgan fingerprint density at radius 2 is 1.34 bits per heavy atom. The summed E-state index contributed by atoms with van der Waals surface area (Å²) in [5.74, 6) is -9.36. The number of hydrogen-bond donors (Lipinski definition) is 12. The fourth-order valence-electron chi connectivity index (χ4n) is 8.61. The van der Waals surface area contributed by atoms with Gasteiger partial charge in [-0.2, -0.15) is 0 Å². The smallest absolute Gasteiger partial charge is 0.246 e. The molecule has 7 unspecified atom stereocenters. The summed E-state index contributed by atoms with van der Waals surface area (Å²) in [6.07, 6.45) is 0.453. The Labute approximate surface area is 449 Å². The lowest BCUT2D eigenvalue weighted by molar-refractivity contribution is -0.142. The van der Waals surface area contributed by atoms with E-state index in [9.17, 15) is 57.8 Å². The summed E-state index contributed by atoms with van der Waals surface area (Å²) in [7, 11) is 2.39. The van der Waals surface area contributed by atoms with E-state index < -0.39 is 138 Å². The molecular formula is C50H72N12O12S2. The number of unbranched alkanes of at least 4 members (excludes halogenated alkanes) is 1. The van der Waals surface area contributed by atoms with Crippen LogP contribution < -0.4 is 60.2 Å². The highest BCUT2D eigenvalue weighted by molar-refractivity contribution is 8.77. The molecule has 4 rings (SSSR count). The number of rotatable bonds is 21. The highest BCUT2D eigenvalue weighted by Crippen LogP contribution is 2.44.